The molecule has 0 aliphatic heterocycles. The molecule has 0 fully saturated rings. The number of urea groups is 1. The number of amides is 2. The SMILES string of the molecule is C=CCNC(=S)NNC(=O)Nc1ccc(OC(F)(F)F)cc1. The summed E-state index contributed by atoms with van der Waals surface area (Å²) < 4.78 is 39.7. The number of thiocarbonyl (C=S) groups is 1. The summed E-state index contributed by atoms with van der Waals surface area (Å²) in [6, 6.07) is 4.02. The Kier molecular flexibility index (Phi) is 6.45. The fraction of sp³-hybridized carbons (Fsp3) is 0.167. The normalized spacial score (nSPS) is 10.3. The van der Waals surface area contributed by atoms with Crippen LogP contribution in [0.1, 0.15) is 0 Å². The number of anilines is 1. The highest BCUT2D eigenvalue weighted by Crippen LogP contribution is 2.23. The highest BCUT2D eigenvalue weighted by molar-refractivity contribution is 7.80. The van der Waals surface area contributed by atoms with Crippen LogP contribution >= 0.6 is 12.2 Å². The van der Waals surface area contributed by atoms with Crippen LogP contribution in [0, 0.1) is 0 Å². The molecular weight excluding hydrogens is 321 g/mol. The molecule has 4 N–H and O–H groups in total. The molecule has 0 heterocycles. The zero-order chi connectivity index (χ0) is 16.6. The van der Waals surface area contributed by atoms with Gasteiger partial charge in [-0.2, -0.15) is 0 Å². The van der Waals surface area contributed by atoms with E-state index in [-0.39, 0.29) is 16.5 Å². The lowest BCUT2D eigenvalue weighted by molar-refractivity contribution is -0.274. The van der Waals surface area contributed by atoms with E-state index in [1.54, 1.807) is 6.08 Å². The van der Waals surface area contributed by atoms with E-state index in [1.165, 1.54) is 12.1 Å². The van der Waals surface area contributed by atoms with Crippen LogP contribution in [0.4, 0.5) is 23.7 Å². The Morgan fingerprint density at radius 2 is 1.91 bits per heavy atom. The van der Waals surface area contributed by atoms with E-state index in [4.69, 9.17) is 12.2 Å². The minimum absolute atomic E-state index is 0.184. The zero-order valence-electron chi connectivity index (χ0n) is 11.2. The van der Waals surface area contributed by atoms with Gasteiger partial charge in [0.1, 0.15) is 5.75 Å². The second kappa shape index (κ2) is 8.08. The first-order chi connectivity index (χ1) is 10.3. The molecule has 1 aromatic carbocycles. The number of ether oxygens (including phenoxy) is 1. The largest absolute Gasteiger partial charge is 0.573 e. The third kappa shape index (κ3) is 7.33. The van der Waals surface area contributed by atoms with Gasteiger partial charge in [-0.15, -0.1) is 19.8 Å². The van der Waals surface area contributed by atoms with Crippen molar-refractivity contribution in [2.75, 3.05) is 11.9 Å². The number of alkyl halides is 3. The molecule has 0 atom stereocenters. The Labute approximate surface area is 129 Å². The number of carbonyl (C=O) groups excluding carboxylic acids is 1. The lowest BCUT2D eigenvalue weighted by atomic mass is 10.3. The van der Waals surface area contributed by atoms with Crippen molar-refractivity contribution >= 4 is 29.0 Å². The van der Waals surface area contributed by atoms with Gasteiger partial charge in [0.2, 0.25) is 0 Å². The van der Waals surface area contributed by atoms with E-state index >= 15 is 0 Å². The van der Waals surface area contributed by atoms with Crippen molar-refractivity contribution in [1.82, 2.24) is 16.2 Å². The summed E-state index contributed by atoms with van der Waals surface area (Å²) in [5.74, 6) is -0.383. The predicted molar refractivity (Wildman–Crippen MR) is 79.2 cm³/mol. The lowest BCUT2D eigenvalue weighted by Crippen LogP contribution is -2.48. The number of benzene rings is 1. The summed E-state index contributed by atoms with van der Waals surface area (Å²) in [6.45, 7) is 3.91. The minimum Gasteiger partial charge on any atom is -0.406 e. The average molecular weight is 334 g/mol. The van der Waals surface area contributed by atoms with Gasteiger partial charge in [0.15, 0.2) is 5.11 Å². The monoisotopic (exact) mass is 334 g/mol. The number of carbonyl (C=O) groups is 1. The Morgan fingerprint density at radius 3 is 2.45 bits per heavy atom. The highest BCUT2D eigenvalue weighted by atomic mass is 32.1. The number of hydrazine groups is 1. The molecule has 0 aromatic heterocycles. The molecule has 120 valence electrons. The van der Waals surface area contributed by atoms with Gasteiger partial charge in [0.05, 0.1) is 0 Å². The summed E-state index contributed by atoms with van der Waals surface area (Å²) in [5.41, 5.74) is 4.94. The molecule has 0 aliphatic rings. The summed E-state index contributed by atoms with van der Waals surface area (Å²) in [4.78, 5) is 11.5. The summed E-state index contributed by atoms with van der Waals surface area (Å²) in [6.07, 6.45) is -3.18. The van der Waals surface area contributed by atoms with Crippen LogP contribution in [-0.2, 0) is 0 Å². The molecular formula is C12H13F3N4O2S. The molecule has 0 saturated heterocycles. The Hall–Kier alpha value is -2.49. The van der Waals surface area contributed by atoms with Crippen LogP contribution < -0.4 is 26.2 Å². The second-order valence-electron chi connectivity index (χ2n) is 3.78. The molecule has 1 aromatic rings. The van der Waals surface area contributed by atoms with Gasteiger partial charge in [0.25, 0.3) is 0 Å². The van der Waals surface area contributed by atoms with Crippen molar-refractivity contribution in [2.24, 2.45) is 0 Å². The molecule has 0 bridgehead atoms. The Balaban J connectivity index is 2.41. The van der Waals surface area contributed by atoms with Crippen molar-refractivity contribution < 1.29 is 22.7 Å². The van der Waals surface area contributed by atoms with Crippen molar-refractivity contribution in [3.63, 3.8) is 0 Å². The van der Waals surface area contributed by atoms with Crippen LogP contribution in [0.15, 0.2) is 36.9 Å². The Bertz CT molecular complexity index is 534. The van der Waals surface area contributed by atoms with Gasteiger partial charge < -0.3 is 15.4 Å². The van der Waals surface area contributed by atoms with Gasteiger partial charge in [-0.1, -0.05) is 6.08 Å². The van der Waals surface area contributed by atoms with Gasteiger partial charge in [-0.05, 0) is 36.5 Å². The number of hydrogen-bond acceptors (Lipinski definition) is 3. The molecule has 2 amide bonds. The van der Waals surface area contributed by atoms with Crippen molar-refractivity contribution in [3.05, 3.63) is 36.9 Å². The molecule has 6 nitrogen and oxygen atoms in total. The fourth-order valence-electron chi connectivity index (χ4n) is 1.22. The van der Waals surface area contributed by atoms with Crippen LogP contribution in [0.2, 0.25) is 0 Å². The molecule has 10 heteroatoms. The summed E-state index contributed by atoms with van der Waals surface area (Å²) in [7, 11) is 0. The maximum Gasteiger partial charge on any atom is 0.573 e. The quantitative estimate of drug-likeness (QED) is 0.386. The first-order valence-corrected chi connectivity index (χ1v) is 6.28. The van der Waals surface area contributed by atoms with E-state index in [9.17, 15) is 18.0 Å². The molecule has 1 rings (SSSR count). The van der Waals surface area contributed by atoms with Crippen molar-refractivity contribution in [1.29, 1.82) is 0 Å². The third-order valence-corrected chi connectivity index (χ3v) is 2.29. The summed E-state index contributed by atoms with van der Waals surface area (Å²) in [5, 5.41) is 5.29. The number of hydrogen-bond donors (Lipinski definition) is 4. The Morgan fingerprint density at radius 1 is 1.27 bits per heavy atom. The van der Waals surface area contributed by atoms with Gasteiger partial charge in [-0.25, -0.2) is 10.2 Å². The standard InChI is InChI=1S/C12H13F3N4O2S/c1-2-7-16-11(22)19-18-10(20)17-8-3-5-9(6-4-8)21-12(13,14)15/h2-6H,1,7H2,(H2,16,19,22)(H2,17,18,20). The van der Waals surface area contributed by atoms with E-state index in [0.29, 0.717) is 6.54 Å². The molecule has 0 saturated carbocycles. The van der Waals surface area contributed by atoms with Crippen LogP contribution in [0.3, 0.4) is 0 Å². The van der Waals surface area contributed by atoms with Gasteiger partial charge in [-0.3, -0.25) is 5.43 Å². The van der Waals surface area contributed by atoms with Gasteiger partial charge >= 0.3 is 12.4 Å². The maximum atomic E-state index is 12.0. The zero-order valence-corrected chi connectivity index (χ0v) is 12.0. The third-order valence-electron chi connectivity index (χ3n) is 2.04. The molecule has 0 radical (unpaired) electrons. The number of nitrogens with one attached hydrogen (secondary N) is 4. The molecule has 0 unspecified atom stereocenters. The highest BCUT2D eigenvalue weighted by Gasteiger charge is 2.30. The topological polar surface area (TPSA) is 74.4 Å². The minimum atomic E-state index is -4.76. The van der Waals surface area contributed by atoms with Crippen LogP contribution in [-0.4, -0.2) is 24.1 Å². The number of halogens is 3. The smallest absolute Gasteiger partial charge is 0.406 e. The maximum absolute atomic E-state index is 12.0. The molecule has 0 spiro atoms. The fourth-order valence-corrected chi connectivity index (χ4v) is 1.36. The van der Waals surface area contributed by atoms with Crippen LogP contribution in [0.25, 0.3) is 0 Å². The van der Waals surface area contributed by atoms with E-state index in [0.717, 1.165) is 12.1 Å². The summed E-state index contributed by atoms with van der Waals surface area (Å²) >= 11 is 4.83. The first-order valence-electron chi connectivity index (χ1n) is 5.87. The van der Waals surface area contributed by atoms with E-state index < -0.39 is 12.4 Å². The first kappa shape index (κ1) is 17.6. The van der Waals surface area contributed by atoms with Gasteiger partial charge in [0, 0.05) is 12.2 Å². The van der Waals surface area contributed by atoms with Crippen molar-refractivity contribution in [2.45, 2.75) is 6.36 Å². The average Bonchev–Trinajstić information content (AvgIpc) is 2.43. The van der Waals surface area contributed by atoms with Crippen LogP contribution in [0.5, 0.6) is 5.75 Å². The van der Waals surface area contributed by atoms with Crippen molar-refractivity contribution in [3.8, 4) is 5.75 Å². The second-order valence-corrected chi connectivity index (χ2v) is 4.18. The molecule has 22 heavy (non-hydrogen) atoms. The molecule has 0 aliphatic carbocycles. The predicted octanol–water partition coefficient (Wildman–Crippen LogP) is 2.27. The van der Waals surface area contributed by atoms with E-state index in [2.05, 4.69) is 32.8 Å². The van der Waals surface area contributed by atoms with E-state index in [1.807, 2.05) is 0 Å². The number of rotatable bonds is 4. The lowest BCUT2D eigenvalue weighted by Gasteiger charge is -2.12.